The fraction of sp³-hybridized carbons (Fsp3) is 0.346. The number of halogens is 1. The van der Waals surface area contributed by atoms with Crippen molar-refractivity contribution in [3.8, 4) is 0 Å². The summed E-state index contributed by atoms with van der Waals surface area (Å²) in [6.07, 6.45) is 3.42. The van der Waals surface area contributed by atoms with Gasteiger partial charge in [0, 0.05) is 36.0 Å². The topological polar surface area (TPSA) is 80.3 Å². The molecule has 3 fully saturated rings. The summed E-state index contributed by atoms with van der Waals surface area (Å²) >= 11 is 1.41. The van der Waals surface area contributed by atoms with Crippen LogP contribution in [0.1, 0.15) is 24.4 Å². The van der Waals surface area contributed by atoms with Gasteiger partial charge in [-0.3, -0.25) is 10.1 Å². The predicted octanol–water partition coefficient (Wildman–Crippen LogP) is 1.09. The summed E-state index contributed by atoms with van der Waals surface area (Å²) in [5.74, 6) is 0.0339. The van der Waals surface area contributed by atoms with Crippen LogP contribution in [0.5, 0.6) is 0 Å². The van der Waals surface area contributed by atoms with E-state index in [1.54, 1.807) is 6.20 Å². The molecule has 2 atom stereocenters. The van der Waals surface area contributed by atoms with Gasteiger partial charge in [-0.25, -0.2) is 9.78 Å². The van der Waals surface area contributed by atoms with E-state index in [0.29, 0.717) is 28.6 Å². The maximum atomic E-state index is 13.5. The monoisotopic (exact) mass is 512 g/mol. The Labute approximate surface area is 215 Å². The van der Waals surface area contributed by atoms with Gasteiger partial charge in [0.15, 0.2) is 23.8 Å². The maximum absolute atomic E-state index is 13.5. The van der Waals surface area contributed by atoms with Gasteiger partial charge in [0.1, 0.15) is 6.54 Å². The molecule has 0 radical (unpaired) electrons. The zero-order valence-corrected chi connectivity index (χ0v) is 20.9. The van der Waals surface area contributed by atoms with E-state index in [0.717, 1.165) is 37.2 Å². The molecule has 2 N–H and O–H groups in total. The number of piperidine rings is 3. The summed E-state index contributed by atoms with van der Waals surface area (Å²) in [6.45, 7) is 2.93. The van der Waals surface area contributed by atoms with E-state index in [1.807, 2.05) is 66.0 Å². The summed E-state index contributed by atoms with van der Waals surface area (Å²) in [7, 11) is 0. The molecule has 6 rings (SSSR count). The number of nitrogens with zero attached hydrogens (tertiary/aromatic N) is 2. The van der Waals surface area contributed by atoms with Crippen molar-refractivity contribution >= 4 is 34.0 Å². The van der Waals surface area contributed by atoms with Gasteiger partial charge < -0.3 is 26.9 Å². The van der Waals surface area contributed by atoms with Gasteiger partial charge in [0.25, 0.3) is 5.91 Å². The number of rotatable bonds is 8. The van der Waals surface area contributed by atoms with Crippen molar-refractivity contribution in [2.24, 2.45) is 5.92 Å². The summed E-state index contributed by atoms with van der Waals surface area (Å²) in [6, 6.07) is 18.8. The van der Waals surface area contributed by atoms with Gasteiger partial charge >= 0.3 is 5.97 Å². The van der Waals surface area contributed by atoms with E-state index in [9.17, 15) is 9.59 Å². The average Bonchev–Trinajstić information content (AvgIpc) is 3.37. The lowest BCUT2D eigenvalue weighted by Crippen LogP contribution is -3.00. The van der Waals surface area contributed by atoms with Crippen LogP contribution in [0.3, 0.4) is 0 Å². The van der Waals surface area contributed by atoms with Crippen molar-refractivity contribution in [2.45, 2.75) is 25.0 Å². The Morgan fingerprint density at radius 1 is 1.06 bits per heavy atom. The van der Waals surface area contributed by atoms with Crippen molar-refractivity contribution in [3.05, 3.63) is 77.8 Å². The quantitative estimate of drug-likeness (QED) is 0.349. The molecule has 3 aliphatic rings. The third kappa shape index (κ3) is 6.01. The van der Waals surface area contributed by atoms with E-state index in [1.165, 1.54) is 11.3 Å². The fourth-order valence-electron chi connectivity index (χ4n) is 5.17. The SMILES string of the molecule is O=C(C[N+]12CCC(CC1)[C@@H](OC(=O)[C@H](Nc1ccccc1)c1ccccc1)C2)Nc1nccs1.[Cl-]. The minimum absolute atomic E-state index is 0. The average molecular weight is 513 g/mol. The highest BCUT2D eigenvalue weighted by atomic mass is 35.5. The molecular formula is C26H29ClN4O3S. The van der Waals surface area contributed by atoms with Gasteiger partial charge in [0.2, 0.25) is 0 Å². The number of para-hydroxylation sites is 1. The van der Waals surface area contributed by atoms with Crippen molar-refractivity contribution in [3.63, 3.8) is 0 Å². The summed E-state index contributed by atoms with van der Waals surface area (Å²) in [5.41, 5.74) is 1.73. The molecule has 0 aliphatic carbocycles. The number of carbonyl (C=O) groups excluding carboxylic acids is 2. The van der Waals surface area contributed by atoms with Crippen molar-refractivity contribution in [2.75, 3.05) is 36.8 Å². The molecule has 0 saturated carbocycles. The van der Waals surface area contributed by atoms with Crippen LogP contribution in [0, 0.1) is 5.92 Å². The zero-order valence-electron chi connectivity index (χ0n) is 19.3. The van der Waals surface area contributed by atoms with Crippen LogP contribution >= 0.6 is 11.3 Å². The number of thiazole rings is 1. The molecule has 2 bridgehead atoms. The molecule has 7 nitrogen and oxygen atoms in total. The normalized spacial score (nSPS) is 23.5. The smallest absolute Gasteiger partial charge is 0.333 e. The molecule has 3 saturated heterocycles. The molecule has 184 valence electrons. The van der Waals surface area contributed by atoms with Crippen LogP contribution in [0.4, 0.5) is 10.8 Å². The minimum Gasteiger partial charge on any atom is -1.00 e. The van der Waals surface area contributed by atoms with Gasteiger partial charge in [-0.15, -0.1) is 11.3 Å². The second-order valence-electron chi connectivity index (χ2n) is 9.18. The summed E-state index contributed by atoms with van der Waals surface area (Å²) in [5, 5.41) is 8.71. The molecule has 3 aliphatic heterocycles. The maximum Gasteiger partial charge on any atom is 0.333 e. The summed E-state index contributed by atoms with van der Waals surface area (Å²) in [4.78, 5) is 30.3. The minimum atomic E-state index is -0.597. The Morgan fingerprint density at radius 3 is 2.40 bits per heavy atom. The molecular weight excluding hydrogens is 484 g/mol. The lowest BCUT2D eigenvalue weighted by Gasteiger charge is -2.51. The number of benzene rings is 2. The van der Waals surface area contributed by atoms with Crippen LogP contribution < -0.4 is 23.0 Å². The molecule has 3 aromatic rings. The second-order valence-corrected chi connectivity index (χ2v) is 10.1. The molecule has 1 aromatic heterocycles. The molecule has 2 aromatic carbocycles. The number of aromatic nitrogens is 1. The van der Waals surface area contributed by atoms with Crippen LogP contribution in [0.25, 0.3) is 0 Å². The highest BCUT2D eigenvalue weighted by Crippen LogP contribution is 2.36. The summed E-state index contributed by atoms with van der Waals surface area (Å²) < 4.78 is 6.83. The van der Waals surface area contributed by atoms with Crippen LogP contribution in [0.15, 0.2) is 72.2 Å². The van der Waals surface area contributed by atoms with E-state index in [-0.39, 0.29) is 30.4 Å². The zero-order chi connectivity index (χ0) is 23.4. The first-order chi connectivity index (χ1) is 16.6. The standard InChI is InChI=1S/C26H28N4O3S.ClH/c31-23(29-26-27-13-16-34-26)18-30-14-11-19(12-15-30)22(17-30)33-25(32)24(20-7-3-1-4-8-20)28-21-9-5-2-6-10-21;/h1-10,13,16,19,22,24,28H,11-12,14-15,17-18H2;1H/t19?,22-,24+,30?;/m0./s1. The predicted molar refractivity (Wildman–Crippen MR) is 132 cm³/mol. The number of amides is 1. The van der Waals surface area contributed by atoms with Gasteiger partial charge in [0.05, 0.1) is 13.1 Å². The van der Waals surface area contributed by atoms with Crippen LogP contribution in [-0.2, 0) is 14.3 Å². The first-order valence-corrected chi connectivity index (χ1v) is 12.6. The van der Waals surface area contributed by atoms with Gasteiger partial charge in [-0.1, -0.05) is 48.5 Å². The Bertz CT molecular complexity index is 1110. The molecule has 4 heterocycles. The highest BCUT2D eigenvalue weighted by Gasteiger charge is 2.49. The number of fused-ring (bicyclic) bond motifs is 3. The number of carbonyl (C=O) groups is 2. The van der Waals surface area contributed by atoms with Crippen LogP contribution in [-0.4, -0.2) is 53.6 Å². The van der Waals surface area contributed by atoms with Crippen molar-refractivity contribution < 1.29 is 31.2 Å². The fourth-order valence-corrected chi connectivity index (χ4v) is 5.71. The van der Waals surface area contributed by atoms with E-state index < -0.39 is 6.04 Å². The number of ether oxygens (including phenoxy) is 1. The van der Waals surface area contributed by atoms with E-state index in [4.69, 9.17) is 4.74 Å². The number of nitrogens with one attached hydrogen (secondary N) is 2. The second kappa shape index (κ2) is 11.2. The Hall–Kier alpha value is -2.94. The number of hydrogen-bond donors (Lipinski definition) is 2. The number of anilines is 2. The van der Waals surface area contributed by atoms with Crippen molar-refractivity contribution in [1.82, 2.24) is 4.98 Å². The molecule has 9 heteroatoms. The van der Waals surface area contributed by atoms with Crippen LogP contribution in [0.2, 0.25) is 0 Å². The Balaban J connectivity index is 0.00000289. The lowest BCUT2D eigenvalue weighted by molar-refractivity contribution is -0.938. The molecule has 0 unspecified atom stereocenters. The first-order valence-electron chi connectivity index (χ1n) is 11.7. The van der Waals surface area contributed by atoms with E-state index >= 15 is 0 Å². The third-order valence-electron chi connectivity index (χ3n) is 6.92. The lowest BCUT2D eigenvalue weighted by atomic mass is 9.83. The highest BCUT2D eigenvalue weighted by molar-refractivity contribution is 7.13. The molecule has 35 heavy (non-hydrogen) atoms. The number of hydrogen-bond acceptors (Lipinski definition) is 6. The van der Waals surface area contributed by atoms with Crippen molar-refractivity contribution in [1.29, 1.82) is 0 Å². The molecule has 0 spiro atoms. The largest absolute Gasteiger partial charge is 1.00 e. The Kier molecular flexibility index (Phi) is 8.05. The number of quaternary nitrogens is 1. The van der Waals surface area contributed by atoms with Gasteiger partial charge in [-0.2, -0.15) is 0 Å². The number of esters is 1. The Morgan fingerprint density at radius 2 is 1.74 bits per heavy atom. The molecule has 1 amide bonds. The first kappa shape index (κ1) is 25.2. The van der Waals surface area contributed by atoms with E-state index in [2.05, 4.69) is 15.6 Å². The van der Waals surface area contributed by atoms with Gasteiger partial charge in [-0.05, 0) is 17.7 Å². The third-order valence-corrected chi connectivity index (χ3v) is 7.61.